The van der Waals surface area contributed by atoms with Crippen molar-refractivity contribution in [2.75, 3.05) is 24.3 Å². The van der Waals surface area contributed by atoms with E-state index in [1.54, 1.807) is 0 Å². The molecule has 2 aromatic rings. The lowest BCUT2D eigenvalue weighted by atomic mass is 9.67. The highest BCUT2D eigenvalue weighted by Crippen LogP contribution is 2.45. The van der Waals surface area contributed by atoms with E-state index in [4.69, 9.17) is 4.99 Å². The summed E-state index contributed by atoms with van der Waals surface area (Å²) in [5, 5.41) is 3.71. The van der Waals surface area contributed by atoms with Crippen LogP contribution in [0.25, 0.3) is 0 Å². The fourth-order valence-corrected chi connectivity index (χ4v) is 4.60. The van der Waals surface area contributed by atoms with Crippen LogP contribution in [0.1, 0.15) is 43.2 Å². The molecule has 1 spiro atoms. The molecule has 26 heavy (non-hydrogen) atoms. The number of hydrogen-bond acceptors (Lipinski definition) is 2. The maximum Gasteiger partial charge on any atom is 0.108 e. The lowest BCUT2D eigenvalue weighted by molar-refractivity contribution is 0.278. The standard InChI is InChI=1S/C23H29N3/c1-26(2)21-13-7-5-11-19(21)17-24-22-23(14-8-3-9-15-23)16-18-10-4-6-12-20(18)25-22/h4-7,10-13H,3,8-9,14-17H2,1-2H3,(H,24,25). The van der Waals surface area contributed by atoms with Crippen LogP contribution in [0.4, 0.5) is 11.4 Å². The quantitative estimate of drug-likeness (QED) is 0.819. The van der Waals surface area contributed by atoms with Gasteiger partial charge in [-0.15, -0.1) is 0 Å². The van der Waals surface area contributed by atoms with Crippen molar-refractivity contribution < 1.29 is 0 Å². The van der Waals surface area contributed by atoms with Gasteiger partial charge in [-0.25, -0.2) is 0 Å². The number of nitrogens with one attached hydrogen (secondary N) is 1. The van der Waals surface area contributed by atoms with Gasteiger partial charge in [0, 0.05) is 30.9 Å². The highest BCUT2D eigenvalue weighted by Gasteiger charge is 2.40. The van der Waals surface area contributed by atoms with E-state index in [2.05, 4.69) is 72.8 Å². The summed E-state index contributed by atoms with van der Waals surface area (Å²) >= 11 is 0. The second kappa shape index (κ2) is 7.14. The summed E-state index contributed by atoms with van der Waals surface area (Å²) in [7, 11) is 4.20. The molecule has 1 N–H and O–H groups in total. The highest BCUT2D eigenvalue weighted by molar-refractivity contribution is 6.02. The molecule has 1 saturated carbocycles. The Morgan fingerprint density at radius 3 is 2.50 bits per heavy atom. The van der Waals surface area contributed by atoms with E-state index in [1.807, 2.05) is 0 Å². The number of amidine groups is 1. The van der Waals surface area contributed by atoms with Gasteiger partial charge in [-0.2, -0.15) is 0 Å². The van der Waals surface area contributed by atoms with Crippen LogP contribution in [0.5, 0.6) is 0 Å². The fraction of sp³-hybridized carbons (Fsp3) is 0.435. The minimum absolute atomic E-state index is 0.208. The van der Waals surface area contributed by atoms with Crippen LogP contribution in [0.2, 0.25) is 0 Å². The largest absolute Gasteiger partial charge is 0.377 e. The summed E-state index contributed by atoms with van der Waals surface area (Å²) in [4.78, 5) is 7.33. The van der Waals surface area contributed by atoms with Gasteiger partial charge in [-0.3, -0.25) is 4.99 Å². The summed E-state index contributed by atoms with van der Waals surface area (Å²) < 4.78 is 0. The van der Waals surface area contributed by atoms with Crippen LogP contribution in [0.3, 0.4) is 0 Å². The second-order valence-corrected chi connectivity index (χ2v) is 7.99. The number of hydrogen-bond donors (Lipinski definition) is 1. The molecule has 0 amide bonds. The molecule has 3 nitrogen and oxygen atoms in total. The normalized spacial score (nSPS) is 19.8. The van der Waals surface area contributed by atoms with Crippen LogP contribution in [-0.2, 0) is 13.0 Å². The topological polar surface area (TPSA) is 27.6 Å². The van der Waals surface area contributed by atoms with E-state index >= 15 is 0 Å². The zero-order valence-corrected chi connectivity index (χ0v) is 16.0. The fourth-order valence-electron chi connectivity index (χ4n) is 4.60. The van der Waals surface area contributed by atoms with Crippen molar-refractivity contribution in [3.8, 4) is 0 Å². The molecule has 4 rings (SSSR count). The van der Waals surface area contributed by atoms with Crippen molar-refractivity contribution in [3.63, 3.8) is 0 Å². The number of rotatable bonds is 3. The van der Waals surface area contributed by atoms with Crippen LogP contribution in [0.15, 0.2) is 53.5 Å². The predicted molar refractivity (Wildman–Crippen MR) is 111 cm³/mol. The third-order valence-corrected chi connectivity index (χ3v) is 5.99. The maximum absolute atomic E-state index is 5.15. The average molecular weight is 348 g/mol. The summed E-state index contributed by atoms with van der Waals surface area (Å²) in [6.45, 7) is 0.737. The minimum Gasteiger partial charge on any atom is -0.377 e. The summed E-state index contributed by atoms with van der Waals surface area (Å²) in [5.74, 6) is 1.21. The zero-order valence-electron chi connectivity index (χ0n) is 16.0. The number of nitrogens with zero attached hydrogens (tertiary/aromatic N) is 2. The first-order valence-corrected chi connectivity index (χ1v) is 9.83. The highest BCUT2D eigenvalue weighted by atomic mass is 15.1. The molecule has 1 heterocycles. The summed E-state index contributed by atoms with van der Waals surface area (Å²) in [5.41, 5.74) is 5.44. The molecule has 0 saturated heterocycles. The number of para-hydroxylation sites is 2. The Balaban J connectivity index is 1.68. The van der Waals surface area contributed by atoms with Gasteiger partial charge in [0.05, 0.1) is 6.54 Å². The zero-order chi connectivity index (χ0) is 18.0. The third-order valence-electron chi connectivity index (χ3n) is 5.99. The van der Waals surface area contributed by atoms with E-state index in [0.717, 1.165) is 13.0 Å². The maximum atomic E-state index is 5.15. The van der Waals surface area contributed by atoms with Crippen LogP contribution in [0, 0.1) is 5.41 Å². The van der Waals surface area contributed by atoms with Gasteiger partial charge < -0.3 is 10.2 Å². The van der Waals surface area contributed by atoms with Crippen molar-refractivity contribution in [2.24, 2.45) is 10.4 Å². The number of anilines is 2. The molecule has 2 aromatic carbocycles. The molecule has 0 unspecified atom stereocenters. The Morgan fingerprint density at radius 1 is 0.962 bits per heavy atom. The third kappa shape index (κ3) is 3.23. The van der Waals surface area contributed by atoms with Gasteiger partial charge in [-0.1, -0.05) is 55.7 Å². The summed E-state index contributed by atoms with van der Waals surface area (Å²) in [6, 6.07) is 17.3. The number of aliphatic imine (C=N–C) groups is 1. The van der Waals surface area contributed by atoms with E-state index in [-0.39, 0.29) is 5.41 Å². The Bertz CT molecular complexity index is 801. The smallest absolute Gasteiger partial charge is 0.108 e. The Hall–Kier alpha value is -2.29. The van der Waals surface area contributed by atoms with Crippen molar-refractivity contribution >= 4 is 17.2 Å². The monoisotopic (exact) mass is 347 g/mol. The van der Waals surface area contributed by atoms with Gasteiger partial charge in [-0.05, 0) is 42.5 Å². The molecule has 2 aliphatic rings. The van der Waals surface area contributed by atoms with Crippen molar-refractivity contribution in [2.45, 2.75) is 45.1 Å². The lowest BCUT2D eigenvalue weighted by Gasteiger charge is -2.42. The molecular formula is C23H29N3. The molecule has 0 radical (unpaired) electrons. The Labute approximate surface area is 157 Å². The van der Waals surface area contributed by atoms with Gasteiger partial charge in [0.2, 0.25) is 0 Å². The van der Waals surface area contributed by atoms with Gasteiger partial charge in [0.25, 0.3) is 0 Å². The van der Waals surface area contributed by atoms with Crippen LogP contribution in [-0.4, -0.2) is 19.9 Å². The second-order valence-electron chi connectivity index (χ2n) is 7.99. The van der Waals surface area contributed by atoms with Gasteiger partial charge >= 0.3 is 0 Å². The Morgan fingerprint density at radius 2 is 1.69 bits per heavy atom. The summed E-state index contributed by atoms with van der Waals surface area (Å²) in [6.07, 6.45) is 7.63. The van der Waals surface area contributed by atoms with Gasteiger partial charge in [0.15, 0.2) is 0 Å². The molecular weight excluding hydrogens is 318 g/mol. The SMILES string of the molecule is CN(C)c1ccccc1CN=C1Nc2ccccc2CC12CCCCC2. The average Bonchev–Trinajstić information content (AvgIpc) is 2.67. The minimum atomic E-state index is 0.208. The molecule has 0 aromatic heterocycles. The van der Waals surface area contributed by atoms with E-state index in [9.17, 15) is 0 Å². The number of benzene rings is 2. The van der Waals surface area contributed by atoms with Crippen LogP contribution < -0.4 is 10.2 Å². The molecule has 136 valence electrons. The lowest BCUT2D eigenvalue weighted by Crippen LogP contribution is -2.43. The van der Waals surface area contributed by atoms with E-state index in [1.165, 1.54) is 60.4 Å². The van der Waals surface area contributed by atoms with Crippen molar-refractivity contribution in [1.82, 2.24) is 0 Å². The molecule has 0 bridgehead atoms. The number of fused-ring (bicyclic) bond motifs is 1. The van der Waals surface area contributed by atoms with Crippen LogP contribution >= 0.6 is 0 Å². The first-order chi connectivity index (χ1) is 12.7. The molecule has 1 aliphatic heterocycles. The Kier molecular flexibility index (Phi) is 4.71. The van der Waals surface area contributed by atoms with Crippen molar-refractivity contribution in [1.29, 1.82) is 0 Å². The molecule has 0 atom stereocenters. The molecule has 1 fully saturated rings. The van der Waals surface area contributed by atoms with Crippen molar-refractivity contribution in [3.05, 3.63) is 59.7 Å². The van der Waals surface area contributed by atoms with E-state index in [0.29, 0.717) is 0 Å². The molecule has 3 heteroatoms. The van der Waals surface area contributed by atoms with E-state index < -0.39 is 0 Å². The van der Waals surface area contributed by atoms with Gasteiger partial charge in [0.1, 0.15) is 5.84 Å². The first kappa shape index (κ1) is 17.1. The predicted octanol–water partition coefficient (Wildman–Crippen LogP) is 5.27. The first-order valence-electron chi connectivity index (χ1n) is 9.83. The molecule has 1 aliphatic carbocycles.